The number of hydrogen-bond donors (Lipinski definition) is 5. The van der Waals surface area contributed by atoms with E-state index in [-0.39, 0.29) is 6.54 Å². The minimum atomic E-state index is -1.01. The van der Waals surface area contributed by atoms with Gasteiger partial charge < -0.3 is 16.4 Å². The van der Waals surface area contributed by atoms with Gasteiger partial charge in [-0.1, -0.05) is 30.9 Å². The first kappa shape index (κ1) is 22.1. The molecule has 29 heavy (non-hydrogen) atoms. The number of hydroxylamine groups is 1. The molecule has 0 aliphatic carbocycles. The molecule has 2 rings (SSSR count). The van der Waals surface area contributed by atoms with Crippen molar-refractivity contribution in [2.24, 2.45) is 5.73 Å². The summed E-state index contributed by atoms with van der Waals surface area (Å²) in [5.41, 5.74) is 10.1. The Hall–Kier alpha value is -3.18. The number of hydrogen-bond acceptors (Lipinski definition) is 5. The van der Waals surface area contributed by atoms with Gasteiger partial charge in [0.15, 0.2) is 0 Å². The van der Waals surface area contributed by atoms with E-state index in [1.165, 1.54) is 11.0 Å². The summed E-state index contributed by atoms with van der Waals surface area (Å²) in [7, 11) is 0. The number of nitrogens with two attached hydrogens (primary N) is 1. The van der Waals surface area contributed by atoms with Gasteiger partial charge in [0, 0.05) is 29.8 Å². The number of nitrogens with one attached hydrogen (secondary N) is 3. The molecule has 2 amide bonds. The average molecular weight is 394 g/mol. The molecule has 0 aromatic heterocycles. The lowest BCUT2D eigenvalue weighted by Crippen LogP contribution is -2.50. The van der Waals surface area contributed by atoms with Crippen LogP contribution < -0.4 is 21.8 Å². The van der Waals surface area contributed by atoms with Crippen LogP contribution in [-0.4, -0.2) is 36.2 Å². The molecule has 0 spiro atoms. The van der Waals surface area contributed by atoms with E-state index in [0.717, 1.165) is 30.6 Å². The van der Waals surface area contributed by atoms with Crippen LogP contribution in [0.25, 0.3) is 0 Å². The molecule has 152 valence electrons. The van der Waals surface area contributed by atoms with Crippen LogP contribution >= 0.6 is 0 Å². The molecule has 0 saturated carbocycles. The molecular formula is C22H26N4O3. The van der Waals surface area contributed by atoms with Crippen molar-refractivity contribution in [3.8, 4) is 11.8 Å². The van der Waals surface area contributed by atoms with E-state index in [9.17, 15) is 9.59 Å². The van der Waals surface area contributed by atoms with Crippen molar-refractivity contribution in [3.05, 3.63) is 70.8 Å². The van der Waals surface area contributed by atoms with Crippen LogP contribution in [0.3, 0.4) is 0 Å². The van der Waals surface area contributed by atoms with Crippen LogP contribution in [0.2, 0.25) is 0 Å². The van der Waals surface area contributed by atoms with Crippen molar-refractivity contribution in [3.63, 3.8) is 0 Å². The lowest BCUT2D eigenvalue weighted by molar-refractivity contribution is -0.130. The van der Waals surface area contributed by atoms with Gasteiger partial charge in [0.1, 0.15) is 6.04 Å². The number of benzene rings is 2. The first-order chi connectivity index (χ1) is 14.1. The zero-order valence-corrected chi connectivity index (χ0v) is 16.4. The standard InChI is InChI=1S/C22H26N4O3/c1-2-13-24-15-18-7-5-16(6-8-18)3-4-17-9-11-19(12-10-17)21(27)25-20(14-23)22(28)26-29/h5-12,20,24,29H,2,13-15,23H2,1H3,(H,25,27)(H,26,28)/t20-/m0/s1. The Morgan fingerprint density at radius 1 is 1.03 bits per heavy atom. The third-order valence-corrected chi connectivity index (χ3v) is 4.18. The van der Waals surface area contributed by atoms with Crippen LogP contribution in [0.1, 0.15) is 40.4 Å². The Morgan fingerprint density at radius 2 is 1.62 bits per heavy atom. The van der Waals surface area contributed by atoms with Gasteiger partial charge in [0.25, 0.3) is 11.8 Å². The summed E-state index contributed by atoms with van der Waals surface area (Å²) < 4.78 is 0. The molecule has 0 saturated heterocycles. The molecule has 0 unspecified atom stereocenters. The molecule has 2 aromatic carbocycles. The highest BCUT2D eigenvalue weighted by atomic mass is 16.5. The van der Waals surface area contributed by atoms with Crippen molar-refractivity contribution in [2.75, 3.05) is 13.1 Å². The van der Waals surface area contributed by atoms with Crippen LogP contribution in [0.5, 0.6) is 0 Å². The summed E-state index contributed by atoms with van der Waals surface area (Å²) in [6, 6.07) is 13.8. The van der Waals surface area contributed by atoms with E-state index in [4.69, 9.17) is 10.9 Å². The average Bonchev–Trinajstić information content (AvgIpc) is 2.76. The van der Waals surface area contributed by atoms with Gasteiger partial charge in [-0.3, -0.25) is 14.8 Å². The first-order valence-corrected chi connectivity index (χ1v) is 9.44. The predicted molar refractivity (Wildman–Crippen MR) is 111 cm³/mol. The minimum Gasteiger partial charge on any atom is -0.339 e. The molecule has 7 heteroatoms. The number of carbonyl (C=O) groups is 2. The second-order valence-electron chi connectivity index (χ2n) is 6.44. The molecule has 0 radical (unpaired) electrons. The van der Waals surface area contributed by atoms with E-state index in [2.05, 4.69) is 41.5 Å². The molecule has 0 aliphatic rings. The Bertz CT molecular complexity index is 868. The molecule has 0 heterocycles. The highest BCUT2D eigenvalue weighted by molar-refractivity contribution is 5.97. The molecular weight excluding hydrogens is 368 g/mol. The van der Waals surface area contributed by atoms with Gasteiger partial charge in [-0.25, -0.2) is 5.48 Å². The zero-order valence-electron chi connectivity index (χ0n) is 16.4. The lowest BCUT2D eigenvalue weighted by Gasteiger charge is -2.14. The minimum absolute atomic E-state index is 0.130. The molecule has 2 aromatic rings. The topological polar surface area (TPSA) is 116 Å². The summed E-state index contributed by atoms with van der Waals surface area (Å²) >= 11 is 0. The quantitative estimate of drug-likeness (QED) is 0.199. The molecule has 0 bridgehead atoms. The maximum atomic E-state index is 12.2. The predicted octanol–water partition coefficient (Wildman–Crippen LogP) is 1.15. The van der Waals surface area contributed by atoms with Gasteiger partial charge in [0.2, 0.25) is 0 Å². The normalized spacial score (nSPS) is 11.1. The first-order valence-electron chi connectivity index (χ1n) is 9.44. The van der Waals surface area contributed by atoms with Crippen molar-refractivity contribution >= 4 is 11.8 Å². The Kier molecular flexibility index (Phi) is 8.86. The number of amides is 2. The maximum Gasteiger partial charge on any atom is 0.267 e. The molecule has 1 atom stereocenters. The zero-order chi connectivity index (χ0) is 21.1. The molecule has 0 aliphatic heterocycles. The third-order valence-electron chi connectivity index (χ3n) is 4.18. The fourth-order valence-corrected chi connectivity index (χ4v) is 2.52. The number of carbonyl (C=O) groups excluding carboxylic acids is 2. The Balaban J connectivity index is 1.97. The van der Waals surface area contributed by atoms with Gasteiger partial charge in [-0.2, -0.15) is 0 Å². The maximum absolute atomic E-state index is 12.2. The van der Waals surface area contributed by atoms with Crippen LogP contribution in [0.4, 0.5) is 0 Å². The van der Waals surface area contributed by atoms with Crippen LogP contribution in [-0.2, 0) is 11.3 Å². The van der Waals surface area contributed by atoms with Gasteiger partial charge >= 0.3 is 0 Å². The van der Waals surface area contributed by atoms with Gasteiger partial charge in [-0.05, 0) is 54.9 Å². The molecule has 0 fully saturated rings. The van der Waals surface area contributed by atoms with E-state index in [1.807, 2.05) is 12.1 Å². The lowest BCUT2D eigenvalue weighted by atomic mass is 10.1. The van der Waals surface area contributed by atoms with Crippen molar-refractivity contribution in [2.45, 2.75) is 25.9 Å². The van der Waals surface area contributed by atoms with Crippen molar-refractivity contribution in [1.82, 2.24) is 16.1 Å². The fraction of sp³-hybridized carbons (Fsp3) is 0.273. The summed E-state index contributed by atoms with van der Waals surface area (Å²) in [4.78, 5) is 23.6. The summed E-state index contributed by atoms with van der Waals surface area (Å²) in [6.45, 7) is 3.85. The van der Waals surface area contributed by atoms with E-state index in [0.29, 0.717) is 5.56 Å². The Morgan fingerprint density at radius 3 is 2.14 bits per heavy atom. The summed E-state index contributed by atoms with van der Waals surface area (Å²) in [5.74, 6) is 4.93. The molecule has 6 N–H and O–H groups in total. The SMILES string of the molecule is CCCNCc1ccc(C#Cc2ccc(C(=O)N[C@@H](CN)C(=O)NO)cc2)cc1. The highest BCUT2D eigenvalue weighted by Crippen LogP contribution is 2.06. The summed E-state index contributed by atoms with van der Waals surface area (Å²) in [5, 5.41) is 14.5. The van der Waals surface area contributed by atoms with Gasteiger partial charge in [-0.15, -0.1) is 0 Å². The monoisotopic (exact) mass is 394 g/mol. The number of rotatable bonds is 8. The van der Waals surface area contributed by atoms with Crippen molar-refractivity contribution in [1.29, 1.82) is 0 Å². The van der Waals surface area contributed by atoms with Gasteiger partial charge in [0.05, 0.1) is 0 Å². The smallest absolute Gasteiger partial charge is 0.267 e. The van der Waals surface area contributed by atoms with E-state index < -0.39 is 17.9 Å². The van der Waals surface area contributed by atoms with E-state index >= 15 is 0 Å². The van der Waals surface area contributed by atoms with Crippen molar-refractivity contribution < 1.29 is 14.8 Å². The Labute approximate surface area is 170 Å². The third kappa shape index (κ3) is 7.05. The molecule has 7 nitrogen and oxygen atoms in total. The van der Waals surface area contributed by atoms with E-state index in [1.54, 1.807) is 24.3 Å². The second-order valence-corrected chi connectivity index (χ2v) is 6.44. The summed E-state index contributed by atoms with van der Waals surface area (Å²) in [6.07, 6.45) is 1.11. The van der Waals surface area contributed by atoms with Crippen LogP contribution in [0, 0.1) is 11.8 Å². The van der Waals surface area contributed by atoms with Crippen LogP contribution in [0.15, 0.2) is 48.5 Å². The highest BCUT2D eigenvalue weighted by Gasteiger charge is 2.19. The second kappa shape index (κ2) is 11.6. The fourth-order valence-electron chi connectivity index (χ4n) is 2.52. The largest absolute Gasteiger partial charge is 0.339 e.